The fourth-order valence-electron chi connectivity index (χ4n) is 2.15. The quantitative estimate of drug-likeness (QED) is 0.854. The van der Waals surface area contributed by atoms with E-state index in [2.05, 4.69) is 16.3 Å². The average Bonchev–Trinajstić information content (AvgIpc) is 2.53. The Morgan fingerprint density at radius 1 is 1.09 bits per heavy atom. The van der Waals surface area contributed by atoms with E-state index in [0.29, 0.717) is 12.3 Å². The van der Waals surface area contributed by atoms with Gasteiger partial charge in [-0.25, -0.2) is 4.39 Å². The molecule has 122 valence electrons. The summed E-state index contributed by atoms with van der Waals surface area (Å²) in [6, 6.07) is 13.6. The van der Waals surface area contributed by atoms with Gasteiger partial charge in [0.15, 0.2) is 6.61 Å². The smallest absolute Gasteiger partial charge is 0.258 e. The van der Waals surface area contributed by atoms with Crippen molar-refractivity contribution in [3.8, 4) is 5.75 Å². The van der Waals surface area contributed by atoms with Gasteiger partial charge in [0.2, 0.25) is 0 Å². The van der Waals surface area contributed by atoms with Crippen LogP contribution in [-0.4, -0.2) is 31.5 Å². The molecule has 0 aromatic heterocycles. The number of hydrogen-bond acceptors (Lipinski definition) is 3. The van der Waals surface area contributed by atoms with E-state index >= 15 is 0 Å². The lowest BCUT2D eigenvalue weighted by Gasteiger charge is -2.14. The third kappa shape index (κ3) is 5.71. The van der Waals surface area contributed by atoms with Gasteiger partial charge < -0.3 is 15.0 Å². The first-order valence-corrected chi connectivity index (χ1v) is 7.41. The van der Waals surface area contributed by atoms with Crippen LogP contribution in [0.15, 0.2) is 48.5 Å². The van der Waals surface area contributed by atoms with Crippen LogP contribution in [0.25, 0.3) is 0 Å². The number of nitrogens with zero attached hydrogens (tertiary/aromatic N) is 1. The molecule has 0 saturated heterocycles. The van der Waals surface area contributed by atoms with Crippen LogP contribution in [0.4, 0.5) is 4.39 Å². The number of benzene rings is 2. The summed E-state index contributed by atoms with van der Waals surface area (Å²) < 4.78 is 18.1. The highest BCUT2D eigenvalue weighted by molar-refractivity contribution is 5.77. The molecule has 0 atom stereocenters. The van der Waals surface area contributed by atoms with Crippen LogP contribution in [0.5, 0.6) is 5.75 Å². The molecule has 0 bridgehead atoms. The van der Waals surface area contributed by atoms with Crippen molar-refractivity contribution in [1.82, 2.24) is 10.2 Å². The van der Waals surface area contributed by atoms with Gasteiger partial charge in [-0.2, -0.15) is 0 Å². The van der Waals surface area contributed by atoms with Crippen LogP contribution < -0.4 is 10.1 Å². The number of amides is 1. The third-order valence-corrected chi connectivity index (χ3v) is 3.26. The Labute approximate surface area is 135 Å². The largest absolute Gasteiger partial charge is 0.484 e. The topological polar surface area (TPSA) is 41.6 Å². The highest BCUT2D eigenvalue weighted by atomic mass is 19.1. The Balaban J connectivity index is 1.83. The van der Waals surface area contributed by atoms with E-state index < -0.39 is 0 Å². The first-order valence-electron chi connectivity index (χ1n) is 7.41. The molecule has 5 heteroatoms. The van der Waals surface area contributed by atoms with Crippen LogP contribution in [0, 0.1) is 5.82 Å². The summed E-state index contributed by atoms with van der Waals surface area (Å²) in [6.45, 7) is 1.18. The molecule has 0 heterocycles. The molecule has 0 aliphatic heterocycles. The lowest BCUT2D eigenvalue weighted by Crippen LogP contribution is -2.29. The van der Waals surface area contributed by atoms with Gasteiger partial charge in [0, 0.05) is 13.1 Å². The Bertz CT molecular complexity index is 642. The maximum absolute atomic E-state index is 12.8. The number of nitrogens with one attached hydrogen (secondary N) is 1. The average molecular weight is 316 g/mol. The van der Waals surface area contributed by atoms with Gasteiger partial charge in [0.1, 0.15) is 11.6 Å². The maximum Gasteiger partial charge on any atom is 0.258 e. The zero-order valence-corrected chi connectivity index (χ0v) is 13.4. The van der Waals surface area contributed by atoms with E-state index in [1.165, 1.54) is 29.8 Å². The molecule has 0 aliphatic rings. The highest BCUT2D eigenvalue weighted by Gasteiger charge is 2.06. The summed E-state index contributed by atoms with van der Waals surface area (Å²) in [4.78, 5) is 14.0. The molecule has 0 aliphatic carbocycles. The fraction of sp³-hybridized carbons (Fsp3) is 0.278. The SMILES string of the molecule is CN(C)Cc1ccccc1CNC(=O)COc1ccc(F)cc1. The second-order valence-electron chi connectivity index (χ2n) is 5.53. The van der Waals surface area contributed by atoms with E-state index in [-0.39, 0.29) is 18.3 Å². The monoisotopic (exact) mass is 316 g/mol. The van der Waals surface area contributed by atoms with Crippen molar-refractivity contribution in [3.63, 3.8) is 0 Å². The lowest BCUT2D eigenvalue weighted by molar-refractivity contribution is -0.123. The summed E-state index contributed by atoms with van der Waals surface area (Å²) in [5.74, 6) is -0.0807. The minimum absolute atomic E-state index is 0.0958. The van der Waals surface area contributed by atoms with Crippen LogP contribution in [0.1, 0.15) is 11.1 Å². The number of halogens is 1. The number of rotatable bonds is 7. The first-order chi connectivity index (χ1) is 11.0. The van der Waals surface area contributed by atoms with Crippen LogP contribution in [0.2, 0.25) is 0 Å². The molecule has 4 nitrogen and oxygen atoms in total. The summed E-state index contributed by atoms with van der Waals surface area (Å²) in [6.07, 6.45) is 0. The van der Waals surface area contributed by atoms with Crippen molar-refractivity contribution in [2.45, 2.75) is 13.1 Å². The van der Waals surface area contributed by atoms with Crippen LogP contribution >= 0.6 is 0 Å². The summed E-state index contributed by atoms with van der Waals surface area (Å²) in [5, 5.41) is 2.84. The summed E-state index contributed by atoms with van der Waals surface area (Å²) >= 11 is 0. The second-order valence-corrected chi connectivity index (χ2v) is 5.53. The summed E-state index contributed by atoms with van der Waals surface area (Å²) in [5.41, 5.74) is 2.26. The van der Waals surface area contributed by atoms with E-state index in [1.807, 2.05) is 32.3 Å². The van der Waals surface area contributed by atoms with Crippen LogP contribution in [0.3, 0.4) is 0 Å². The zero-order chi connectivity index (χ0) is 16.7. The molecule has 0 radical (unpaired) electrons. The Morgan fingerprint density at radius 3 is 2.39 bits per heavy atom. The van der Waals surface area contributed by atoms with Gasteiger partial charge in [-0.05, 0) is 49.5 Å². The zero-order valence-electron chi connectivity index (χ0n) is 13.4. The van der Waals surface area contributed by atoms with Gasteiger partial charge in [-0.15, -0.1) is 0 Å². The van der Waals surface area contributed by atoms with E-state index in [1.54, 1.807) is 0 Å². The molecular formula is C18H21FN2O2. The molecule has 2 aromatic rings. The van der Waals surface area contributed by atoms with Crippen molar-refractivity contribution in [2.24, 2.45) is 0 Å². The molecule has 1 N–H and O–H groups in total. The van der Waals surface area contributed by atoms with E-state index in [4.69, 9.17) is 4.74 Å². The molecule has 2 aromatic carbocycles. The maximum atomic E-state index is 12.8. The Hall–Kier alpha value is -2.40. The minimum Gasteiger partial charge on any atom is -0.484 e. The number of carbonyl (C=O) groups excluding carboxylic acids is 1. The molecule has 0 spiro atoms. The van der Waals surface area contributed by atoms with Gasteiger partial charge in [-0.1, -0.05) is 24.3 Å². The van der Waals surface area contributed by atoms with Gasteiger partial charge >= 0.3 is 0 Å². The molecule has 0 fully saturated rings. The number of ether oxygens (including phenoxy) is 1. The Kier molecular flexibility index (Phi) is 6.11. The molecular weight excluding hydrogens is 295 g/mol. The van der Waals surface area contributed by atoms with Crippen molar-refractivity contribution < 1.29 is 13.9 Å². The highest BCUT2D eigenvalue weighted by Crippen LogP contribution is 2.12. The molecule has 2 rings (SSSR count). The second kappa shape index (κ2) is 8.29. The number of carbonyl (C=O) groups is 1. The van der Waals surface area contributed by atoms with Crippen LogP contribution in [-0.2, 0) is 17.9 Å². The van der Waals surface area contributed by atoms with Gasteiger partial charge in [-0.3, -0.25) is 4.79 Å². The van der Waals surface area contributed by atoms with Gasteiger partial charge in [0.25, 0.3) is 5.91 Å². The van der Waals surface area contributed by atoms with E-state index in [9.17, 15) is 9.18 Å². The lowest BCUT2D eigenvalue weighted by atomic mass is 10.1. The molecule has 0 unspecified atom stereocenters. The van der Waals surface area contributed by atoms with Crippen molar-refractivity contribution in [2.75, 3.05) is 20.7 Å². The van der Waals surface area contributed by atoms with Gasteiger partial charge in [0.05, 0.1) is 0 Å². The van der Waals surface area contributed by atoms with Crippen molar-refractivity contribution in [1.29, 1.82) is 0 Å². The van der Waals surface area contributed by atoms with Crippen molar-refractivity contribution >= 4 is 5.91 Å². The first kappa shape index (κ1) is 17.0. The molecule has 0 saturated carbocycles. The fourth-order valence-corrected chi connectivity index (χ4v) is 2.15. The Morgan fingerprint density at radius 2 is 1.74 bits per heavy atom. The molecule has 23 heavy (non-hydrogen) atoms. The third-order valence-electron chi connectivity index (χ3n) is 3.26. The predicted octanol–water partition coefficient (Wildman–Crippen LogP) is 2.58. The predicted molar refractivity (Wildman–Crippen MR) is 87.6 cm³/mol. The normalized spacial score (nSPS) is 10.6. The van der Waals surface area contributed by atoms with Crippen molar-refractivity contribution in [3.05, 3.63) is 65.5 Å². The minimum atomic E-state index is -0.334. The molecule has 1 amide bonds. The number of hydrogen-bond donors (Lipinski definition) is 1. The summed E-state index contributed by atoms with van der Waals surface area (Å²) in [7, 11) is 4.01. The standard InChI is InChI=1S/C18H21FN2O2/c1-21(2)12-15-6-4-3-5-14(15)11-20-18(22)13-23-17-9-7-16(19)8-10-17/h3-10H,11-13H2,1-2H3,(H,20,22). The van der Waals surface area contributed by atoms with E-state index in [0.717, 1.165) is 12.1 Å².